The lowest BCUT2D eigenvalue weighted by atomic mass is 10.1. The smallest absolute Gasteiger partial charge is 0.312 e. The van der Waals surface area contributed by atoms with E-state index in [2.05, 4.69) is 5.32 Å². The second-order valence-corrected chi connectivity index (χ2v) is 6.77. The zero-order valence-corrected chi connectivity index (χ0v) is 15.4. The van der Waals surface area contributed by atoms with Gasteiger partial charge in [0.15, 0.2) is 6.10 Å². The summed E-state index contributed by atoms with van der Waals surface area (Å²) >= 11 is 5.88. The number of benzene rings is 1. The van der Waals surface area contributed by atoms with E-state index in [1.807, 2.05) is 0 Å². The molecule has 2 amide bonds. The Bertz CT molecular complexity index is 836. The predicted molar refractivity (Wildman–Crippen MR) is 97.9 cm³/mol. The third-order valence-electron chi connectivity index (χ3n) is 4.23. The number of likely N-dealkylation sites (tertiary alicyclic amines) is 1. The molecule has 1 aliphatic rings. The molecule has 2 heterocycles. The number of halogens is 1. The maximum absolute atomic E-state index is 12.3. The molecule has 3 rings (SSSR count). The van der Waals surface area contributed by atoms with Crippen LogP contribution in [-0.2, 0) is 25.7 Å². The van der Waals surface area contributed by atoms with Crippen molar-refractivity contribution >= 4 is 35.1 Å². The number of ether oxygens (including phenoxy) is 1. The van der Waals surface area contributed by atoms with E-state index < -0.39 is 23.9 Å². The quantitative estimate of drug-likeness (QED) is 0.766. The van der Waals surface area contributed by atoms with E-state index in [0.717, 1.165) is 0 Å². The summed E-state index contributed by atoms with van der Waals surface area (Å²) in [5.74, 6) is -1.15. The van der Waals surface area contributed by atoms with Gasteiger partial charge in [-0.1, -0.05) is 17.7 Å². The number of furan rings is 1. The summed E-state index contributed by atoms with van der Waals surface area (Å²) in [6, 6.07) is 10.2. The van der Waals surface area contributed by atoms with Crippen LogP contribution in [0.1, 0.15) is 19.1 Å². The largest absolute Gasteiger partial charge is 0.467 e. The fourth-order valence-electron chi connectivity index (χ4n) is 2.81. The molecule has 0 bridgehead atoms. The first-order valence-corrected chi connectivity index (χ1v) is 8.87. The zero-order valence-electron chi connectivity index (χ0n) is 14.7. The highest BCUT2D eigenvalue weighted by atomic mass is 35.5. The standard InChI is InChI=1S/C19H19ClN2O5/c1-12(18(24)21-15-5-2-4-14(20)9-15)27-19(25)13-8-17(23)22(10-13)11-16-6-3-7-26-16/h2-7,9,12-13H,8,10-11H2,1H3,(H,21,24)/t12-,13-/m0/s1. The Morgan fingerprint density at radius 1 is 1.37 bits per heavy atom. The van der Waals surface area contributed by atoms with Gasteiger partial charge < -0.3 is 19.4 Å². The van der Waals surface area contributed by atoms with Crippen LogP contribution in [0.15, 0.2) is 47.1 Å². The van der Waals surface area contributed by atoms with E-state index in [1.165, 1.54) is 13.2 Å². The van der Waals surface area contributed by atoms with Crippen LogP contribution in [0.4, 0.5) is 5.69 Å². The highest BCUT2D eigenvalue weighted by Crippen LogP contribution is 2.22. The SMILES string of the molecule is C[C@H](OC(=O)[C@H]1CC(=O)N(Cc2ccco2)C1)C(=O)Nc1cccc(Cl)c1. The number of carbonyl (C=O) groups excluding carboxylic acids is 3. The first kappa shape index (κ1) is 19.0. The fraction of sp³-hybridized carbons (Fsp3) is 0.316. The van der Waals surface area contributed by atoms with Crippen LogP contribution in [0.25, 0.3) is 0 Å². The molecule has 7 nitrogen and oxygen atoms in total. The molecule has 2 atom stereocenters. The molecule has 1 aliphatic heterocycles. The van der Waals surface area contributed by atoms with Crippen LogP contribution < -0.4 is 5.32 Å². The number of nitrogens with one attached hydrogen (secondary N) is 1. The molecule has 1 fully saturated rings. The molecule has 1 aromatic heterocycles. The lowest BCUT2D eigenvalue weighted by molar-refractivity contribution is -0.157. The molecule has 8 heteroatoms. The van der Waals surface area contributed by atoms with Gasteiger partial charge in [-0.2, -0.15) is 0 Å². The van der Waals surface area contributed by atoms with E-state index in [1.54, 1.807) is 41.3 Å². The summed E-state index contributed by atoms with van der Waals surface area (Å²) in [6.07, 6.45) is 0.593. The summed E-state index contributed by atoms with van der Waals surface area (Å²) in [5.41, 5.74) is 0.510. The Balaban J connectivity index is 1.52. The first-order valence-electron chi connectivity index (χ1n) is 8.49. The van der Waals surface area contributed by atoms with Crippen molar-refractivity contribution in [3.05, 3.63) is 53.4 Å². The highest BCUT2D eigenvalue weighted by Gasteiger charge is 2.36. The molecular weight excluding hydrogens is 372 g/mol. The normalized spacial score (nSPS) is 17.6. The third-order valence-corrected chi connectivity index (χ3v) is 4.46. The molecule has 1 aromatic carbocycles. The number of hydrogen-bond donors (Lipinski definition) is 1. The summed E-state index contributed by atoms with van der Waals surface area (Å²) in [6.45, 7) is 2.02. The number of anilines is 1. The first-order chi connectivity index (χ1) is 12.9. The number of hydrogen-bond acceptors (Lipinski definition) is 5. The van der Waals surface area contributed by atoms with Gasteiger partial charge in [0, 0.05) is 23.7 Å². The van der Waals surface area contributed by atoms with Crippen molar-refractivity contribution in [3.63, 3.8) is 0 Å². The average molecular weight is 391 g/mol. The van der Waals surface area contributed by atoms with E-state index in [4.69, 9.17) is 20.8 Å². The maximum Gasteiger partial charge on any atom is 0.312 e. The lowest BCUT2D eigenvalue weighted by Gasteiger charge is -2.17. The number of esters is 1. The van der Waals surface area contributed by atoms with Crippen molar-refractivity contribution in [3.8, 4) is 0 Å². The molecular formula is C19H19ClN2O5. The van der Waals surface area contributed by atoms with E-state index in [0.29, 0.717) is 23.0 Å². The number of amides is 2. The summed E-state index contributed by atoms with van der Waals surface area (Å²) in [5, 5.41) is 3.12. The minimum Gasteiger partial charge on any atom is -0.467 e. The number of nitrogens with zero attached hydrogens (tertiary/aromatic N) is 1. The third kappa shape index (κ3) is 4.89. The van der Waals surface area contributed by atoms with Gasteiger partial charge in [-0.25, -0.2) is 0 Å². The zero-order chi connectivity index (χ0) is 19.4. The Labute approximate surface area is 161 Å². The molecule has 0 aliphatic carbocycles. The van der Waals surface area contributed by atoms with Gasteiger partial charge in [0.1, 0.15) is 5.76 Å². The second kappa shape index (κ2) is 8.26. The fourth-order valence-corrected chi connectivity index (χ4v) is 3.00. The Kier molecular flexibility index (Phi) is 5.81. The lowest BCUT2D eigenvalue weighted by Crippen LogP contribution is -2.33. The molecule has 0 spiro atoms. The second-order valence-electron chi connectivity index (χ2n) is 6.33. The Hall–Kier alpha value is -2.80. The minimum atomic E-state index is -0.995. The maximum atomic E-state index is 12.3. The predicted octanol–water partition coefficient (Wildman–Crippen LogP) is 2.85. The summed E-state index contributed by atoms with van der Waals surface area (Å²) in [7, 11) is 0. The van der Waals surface area contributed by atoms with Crippen LogP contribution in [0.3, 0.4) is 0 Å². The van der Waals surface area contributed by atoms with Crippen LogP contribution in [-0.4, -0.2) is 35.3 Å². The van der Waals surface area contributed by atoms with Gasteiger partial charge in [-0.15, -0.1) is 0 Å². The van der Waals surface area contributed by atoms with Crippen LogP contribution >= 0.6 is 11.6 Å². The number of carbonyl (C=O) groups is 3. The van der Waals surface area contributed by atoms with E-state index in [-0.39, 0.29) is 18.9 Å². The summed E-state index contributed by atoms with van der Waals surface area (Å²) < 4.78 is 10.5. The van der Waals surface area contributed by atoms with Gasteiger partial charge in [0.2, 0.25) is 5.91 Å². The molecule has 1 N–H and O–H groups in total. The molecule has 0 saturated carbocycles. The molecule has 142 valence electrons. The van der Waals surface area contributed by atoms with Crippen molar-refractivity contribution in [1.29, 1.82) is 0 Å². The molecule has 27 heavy (non-hydrogen) atoms. The van der Waals surface area contributed by atoms with Crippen molar-refractivity contribution in [2.45, 2.75) is 26.0 Å². The van der Waals surface area contributed by atoms with Crippen molar-refractivity contribution in [2.75, 3.05) is 11.9 Å². The number of rotatable bonds is 6. The minimum absolute atomic E-state index is 0.0577. The van der Waals surface area contributed by atoms with E-state index in [9.17, 15) is 14.4 Å². The van der Waals surface area contributed by atoms with Gasteiger partial charge in [-0.05, 0) is 37.3 Å². The Morgan fingerprint density at radius 2 is 2.19 bits per heavy atom. The van der Waals surface area contributed by atoms with Gasteiger partial charge in [-0.3, -0.25) is 14.4 Å². The van der Waals surface area contributed by atoms with Crippen molar-refractivity contribution < 1.29 is 23.5 Å². The van der Waals surface area contributed by atoms with Crippen molar-refractivity contribution in [2.24, 2.45) is 5.92 Å². The molecule has 0 radical (unpaired) electrons. The van der Waals surface area contributed by atoms with Gasteiger partial charge in [0.25, 0.3) is 5.91 Å². The topological polar surface area (TPSA) is 88.9 Å². The molecule has 1 saturated heterocycles. The van der Waals surface area contributed by atoms with Crippen LogP contribution in [0.5, 0.6) is 0 Å². The van der Waals surface area contributed by atoms with Crippen molar-refractivity contribution in [1.82, 2.24) is 4.90 Å². The average Bonchev–Trinajstić information content (AvgIpc) is 3.25. The Morgan fingerprint density at radius 3 is 2.89 bits per heavy atom. The molecule has 2 aromatic rings. The van der Waals surface area contributed by atoms with E-state index >= 15 is 0 Å². The highest BCUT2D eigenvalue weighted by molar-refractivity contribution is 6.30. The van der Waals surface area contributed by atoms with Gasteiger partial charge in [0.05, 0.1) is 18.7 Å². The van der Waals surface area contributed by atoms with Crippen LogP contribution in [0, 0.1) is 5.92 Å². The monoisotopic (exact) mass is 390 g/mol. The molecule has 0 unspecified atom stereocenters. The van der Waals surface area contributed by atoms with Gasteiger partial charge >= 0.3 is 5.97 Å². The van der Waals surface area contributed by atoms with Crippen LogP contribution in [0.2, 0.25) is 5.02 Å². The summed E-state index contributed by atoms with van der Waals surface area (Å²) in [4.78, 5) is 38.2.